The van der Waals surface area contributed by atoms with E-state index in [2.05, 4.69) is 15.4 Å². The Morgan fingerprint density at radius 1 is 1.07 bits per heavy atom. The Morgan fingerprint density at radius 3 is 2.15 bits per heavy atom. The van der Waals surface area contributed by atoms with Crippen LogP contribution < -0.4 is 10.6 Å². The third-order valence-corrected chi connectivity index (χ3v) is 4.62. The second-order valence-electron chi connectivity index (χ2n) is 8.39. The van der Waals surface area contributed by atoms with Gasteiger partial charge < -0.3 is 20.3 Å². The van der Waals surface area contributed by atoms with Gasteiger partial charge in [-0.15, -0.1) is 0 Å². The van der Waals surface area contributed by atoms with Crippen LogP contribution in [0.2, 0.25) is 0 Å². The Morgan fingerprint density at radius 2 is 1.67 bits per heavy atom. The van der Waals surface area contributed by atoms with E-state index in [-0.39, 0.29) is 17.7 Å². The van der Waals surface area contributed by atoms with Crippen molar-refractivity contribution in [2.24, 2.45) is 11.3 Å². The number of carbonyl (C=O) groups is 4. The van der Waals surface area contributed by atoms with E-state index in [1.165, 1.54) is 14.0 Å². The Kier molecular flexibility index (Phi) is 7.80. The minimum atomic E-state index is -0.814. The van der Waals surface area contributed by atoms with E-state index >= 15 is 0 Å². The quantitative estimate of drug-likeness (QED) is 0.662. The molecule has 1 fully saturated rings. The molecule has 8 nitrogen and oxygen atoms in total. The highest BCUT2D eigenvalue weighted by molar-refractivity contribution is 5.94. The number of likely N-dealkylation sites (tertiary alicyclic amines) is 1. The van der Waals surface area contributed by atoms with Crippen molar-refractivity contribution >= 4 is 23.7 Å². The lowest BCUT2D eigenvalue weighted by Crippen LogP contribution is -2.57. The molecule has 0 unspecified atom stereocenters. The first-order valence-corrected chi connectivity index (χ1v) is 9.39. The van der Waals surface area contributed by atoms with E-state index in [0.717, 1.165) is 6.42 Å². The van der Waals surface area contributed by atoms with Gasteiger partial charge in [0, 0.05) is 12.0 Å². The molecule has 1 saturated heterocycles. The number of nitrogens with one attached hydrogen (secondary N) is 2. The van der Waals surface area contributed by atoms with Crippen molar-refractivity contribution in [2.75, 3.05) is 13.7 Å². The van der Waals surface area contributed by atoms with Crippen molar-refractivity contribution in [2.45, 2.75) is 72.5 Å². The normalized spacial score (nSPS) is 19.4. The third kappa shape index (κ3) is 5.94. The molecule has 1 aliphatic rings. The first-order chi connectivity index (χ1) is 12.4. The number of hydrogen-bond donors (Lipinski definition) is 2. The Labute approximate surface area is 161 Å². The van der Waals surface area contributed by atoms with Gasteiger partial charge in [-0.25, -0.2) is 4.79 Å². The van der Waals surface area contributed by atoms with Crippen molar-refractivity contribution in [3.8, 4) is 0 Å². The molecule has 0 aromatic heterocycles. The topological polar surface area (TPSA) is 105 Å². The fraction of sp³-hybridized carbons (Fsp3) is 0.789. The standard InChI is InChI=1S/C19H33N3O5/c1-11(2)14(16(24)20-12(3)17(25)27-7)21-15(23)13-9-8-10-22(13)18(26)19(4,5)6/h11-14H,8-10H2,1-7H3,(H,20,24)(H,21,23)/t12-,13-,14-/m0/s1. The number of esters is 1. The molecule has 0 saturated carbocycles. The molecule has 0 aromatic carbocycles. The molecule has 0 aliphatic carbocycles. The summed E-state index contributed by atoms with van der Waals surface area (Å²) in [4.78, 5) is 51.0. The van der Waals surface area contributed by atoms with Crippen molar-refractivity contribution in [1.82, 2.24) is 15.5 Å². The molecule has 1 rings (SSSR count). The van der Waals surface area contributed by atoms with Crippen LogP contribution in [0.3, 0.4) is 0 Å². The molecule has 2 N–H and O–H groups in total. The maximum absolute atomic E-state index is 12.8. The number of methoxy groups -OCH3 is 1. The van der Waals surface area contributed by atoms with E-state index in [1.807, 2.05) is 20.8 Å². The van der Waals surface area contributed by atoms with Gasteiger partial charge in [-0.1, -0.05) is 34.6 Å². The van der Waals surface area contributed by atoms with Gasteiger partial charge >= 0.3 is 5.97 Å². The summed E-state index contributed by atoms with van der Waals surface area (Å²) >= 11 is 0. The average molecular weight is 383 g/mol. The van der Waals surface area contributed by atoms with Crippen molar-refractivity contribution < 1.29 is 23.9 Å². The maximum atomic E-state index is 12.8. The molecule has 3 atom stereocenters. The van der Waals surface area contributed by atoms with Gasteiger partial charge in [0.05, 0.1) is 7.11 Å². The summed E-state index contributed by atoms with van der Waals surface area (Å²) in [5.74, 6) is -1.63. The minimum absolute atomic E-state index is 0.0787. The van der Waals surface area contributed by atoms with E-state index in [0.29, 0.717) is 13.0 Å². The zero-order valence-electron chi connectivity index (χ0n) is 17.4. The van der Waals surface area contributed by atoms with Gasteiger partial charge in [-0.3, -0.25) is 14.4 Å². The van der Waals surface area contributed by atoms with Crippen LogP contribution in [-0.4, -0.2) is 60.4 Å². The SMILES string of the molecule is COC(=O)[C@H](C)NC(=O)[C@@H](NC(=O)[C@@H]1CCCN1C(=O)C(C)(C)C)C(C)C. The maximum Gasteiger partial charge on any atom is 0.328 e. The number of carbonyl (C=O) groups excluding carboxylic acids is 4. The number of amides is 3. The Hall–Kier alpha value is -2.12. The number of ether oxygens (including phenoxy) is 1. The summed E-state index contributed by atoms with van der Waals surface area (Å²) in [5, 5.41) is 5.32. The summed E-state index contributed by atoms with van der Waals surface area (Å²) in [5.41, 5.74) is -0.576. The number of rotatable bonds is 6. The molecular weight excluding hydrogens is 350 g/mol. The monoisotopic (exact) mass is 383 g/mol. The predicted molar refractivity (Wildman–Crippen MR) is 101 cm³/mol. The molecule has 0 aromatic rings. The summed E-state index contributed by atoms with van der Waals surface area (Å²) < 4.78 is 4.60. The van der Waals surface area contributed by atoms with Crippen LogP contribution in [0.4, 0.5) is 0 Å². The largest absolute Gasteiger partial charge is 0.467 e. The molecule has 154 valence electrons. The second-order valence-corrected chi connectivity index (χ2v) is 8.39. The van der Waals surface area contributed by atoms with E-state index in [4.69, 9.17) is 0 Å². The Balaban J connectivity index is 2.84. The fourth-order valence-corrected chi connectivity index (χ4v) is 3.04. The zero-order chi connectivity index (χ0) is 20.9. The fourth-order valence-electron chi connectivity index (χ4n) is 3.04. The molecule has 3 amide bonds. The van der Waals surface area contributed by atoms with Crippen LogP contribution in [0.15, 0.2) is 0 Å². The minimum Gasteiger partial charge on any atom is -0.467 e. The van der Waals surface area contributed by atoms with Gasteiger partial charge in [0.1, 0.15) is 18.1 Å². The summed E-state index contributed by atoms with van der Waals surface area (Å²) in [6.45, 7) is 11.1. The highest BCUT2D eigenvalue weighted by Crippen LogP contribution is 2.25. The van der Waals surface area contributed by atoms with Gasteiger partial charge in [0.2, 0.25) is 17.7 Å². The summed E-state index contributed by atoms with van der Waals surface area (Å²) in [6.07, 6.45) is 1.32. The first kappa shape index (κ1) is 22.9. The first-order valence-electron chi connectivity index (χ1n) is 9.39. The van der Waals surface area contributed by atoms with Gasteiger partial charge in [0.25, 0.3) is 0 Å². The van der Waals surface area contributed by atoms with E-state index in [9.17, 15) is 19.2 Å². The second kappa shape index (κ2) is 9.19. The molecular formula is C19H33N3O5. The number of nitrogens with zero attached hydrogens (tertiary/aromatic N) is 1. The highest BCUT2D eigenvalue weighted by atomic mass is 16.5. The van der Waals surface area contributed by atoms with Gasteiger partial charge in [-0.05, 0) is 25.7 Å². The third-order valence-electron chi connectivity index (χ3n) is 4.62. The van der Waals surface area contributed by atoms with E-state index < -0.39 is 35.4 Å². The van der Waals surface area contributed by atoms with Crippen LogP contribution in [0.25, 0.3) is 0 Å². The van der Waals surface area contributed by atoms with Gasteiger partial charge in [0.15, 0.2) is 0 Å². The van der Waals surface area contributed by atoms with Crippen molar-refractivity contribution in [3.05, 3.63) is 0 Å². The molecule has 8 heteroatoms. The Bertz CT molecular complexity index is 582. The van der Waals surface area contributed by atoms with E-state index in [1.54, 1.807) is 18.7 Å². The molecule has 1 heterocycles. The predicted octanol–water partition coefficient (Wildman–Crippen LogP) is 0.842. The van der Waals surface area contributed by atoms with Crippen molar-refractivity contribution in [1.29, 1.82) is 0 Å². The van der Waals surface area contributed by atoms with Gasteiger partial charge in [-0.2, -0.15) is 0 Å². The van der Waals surface area contributed by atoms with Crippen LogP contribution in [0.1, 0.15) is 54.4 Å². The smallest absolute Gasteiger partial charge is 0.328 e. The molecule has 0 spiro atoms. The highest BCUT2D eigenvalue weighted by Gasteiger charge is 2.40. The average Bonchev–Trinajstić information content (AvgIpc) is 3.05. The molecule has 0 radical (unpaired) electrons. The van der Waals surface area contributed by atoms with Crippen LogP contribution in [-0.2, 0) is 23.9 Å². The lowest BCUT2D eigenvalue weighted by atomic mass is 9.94. The molecule has 27 heavy (non-hydrogen) atoms. The van der Waals surface area contributed by atoms with Crippen LogP contribution in [0.5, 0.6) is 0 Å². The lowest BCUT2D eigenvalue weighted by molar-refractivity contribution is -0.146. The lowest BCUT2D eigenvalue weighted by Gasteiger charge is -2.31. The molecule has 0 bridgehead atoms. The van der Waals surface area contributed by atoms with Crippen LogP contribution >= 0.6 is 0 Å². The van der Waals surface area contributed by atoms with Crippen molar-refractivity contribution in [3.63, 3.8) is 0 Å². The summed E-state index contributed by atoms with van der Waals surface area (Å²) in [6, 6.07) is -2.20. The zero-order valence-corrected chi connectivity index (χ0v) is 17.4. The summed E-state index contributed by atoms with van der Waals surface area (Å²) in [7, 11) is 1.24. The molecule has 1 aliphatic heterocycles. The number of hydrogen-bond acceptors (Lipinski definition) is 5. The van der Waals surface area contributed by atoms with Crippen LogP contribution in [0, 0.1) is 11.3 Å².